The first-order valence-corrected chi connectivity index (χ1v) is 10.5. The lowest BCUT2D eigenvalue weighted by atomic mass is 9.96. The third kappa shape index (κ3) is 6.13. The number of hydrogen-bond acceptors (Lipinski definition) is 3. The molecule has 1 atom stereocenters. The minimum absolute atomic E-state index is 0.0285. The Bertz CT molecular complexity index is 717. The molecule has 160 valence electrons. The molecular formula is C21H30F2N4O2. The third-order valence-corrected chi connectivity index (χ3v) is 5.92. The van der Waals surface area contributed by atoms with Gasteiger partial charge in [0, 0.05) is 31.2 Å². The first-order chi connectivity index (χ1) is 13.9. The summed E-state index contributed by atoms with van der Waals surface area (Å²) >= 11 is 0. The molecule has 1 saturated carbocycles. The van der Waals surface area contributed by atoms with Gasteiger partial charge in [-0.25, -0.2) is 13.6 Å². The van der Waals surface area contributed by atoms with Crippen molar-refractivity contribution in [3.63, 3.8) is 0 Å². The Kier molecular flexibility index (Phi) is 7.41. The molecule has 0 aromatic heterocycles. The van der Waals surface area contributed by atoms with Crippen LogP contribution in [0.1, 0.15) is 51.9 Å². The molecule has 3 N–H and O–H groups in total. The third-order valence-electron chi connectivity index (χ3n) is 5.92. The van der Waals surface area contributed by atoms with E-state index in [-0.39, 0.29) is 29.7 Å². The van der Waals surface area contributed by atoms with E-state index in [1.165, 1.54) is 25.3 Å². The SMILES string of the molecule is CC(C(=O)Nc1ccc(F)cc1F)N1CCC(NC(=O)NC2CCCCC2)CC1. The zero-order chi connectivity index (χ0) is 20.8. The molecule has 1 aliphatic heterocycles. The van der Waals surface area contributed by atoms with Gasteiger partial charge in [0.15, 0.2) is 0 Å². The number of likely N-dealkylation sites (tertiary alicyclic amines) is 1. The summed E-state index contributed by atoms with van der Waals surface area (Å²) in [6.07, 6.45) is 7.19. The molecule has 1 aliphatic carbocycles. The molecule has 6 nitrogen and oxygen atoms in total. The van der Waals surface area contributed by atoms with Crippen molar-refractivity contribution in [3.05, 3.63) is 29.8 Å². The summed E-state index contributed by atoms with van der Waals surface area (Å²) in [7, 11) is 0. The van der Waals surface area contributed by atoms with Gasteiger partial charge in [-0.1, -0.05) is 19.3 Å². The zero-order valence-corrected chi connectivity index (χ0v) is 16.8. The van der Waals surface area contributed by atoms with Crippen molar-refractivity contribution in [1.82, 2.24) is 15.5 Å². The van der Waals surface area contributed by atoms with Gasteiger partial charge in [0.1, 0.15) is 11.6 Å². The average Bonchev–Trinajstić information content (AvgIpc) is 2.70. The summed E-state index contributed by atoms with van der Waals surface area (Å²) < 4.78 is 26.7. The maximum absolute atomic E-state index is 13.7. The minimum Gasteiger partial charge on any atom is -0.335 e. The number of nitrogens with zero attached hydrogens (tertiary/aromatic N) is 1. The number of carbonyl (C=O) groups excluding carboxylic acids is 2. The van der Waals surface area contributed by atoms with Gasteiger partial charge in [-0.2, -0.15) is 0 Å². The number of urea groups is 1. The molecule has 8 heteroatoms. The van der Waals surface area contributed by atoms with Crippen LogP contribution in [0.2, 0.25) is 0 Å². The largest absolute Gasteiger partial charge is 0.335 e. The lowest BCUT2D eigenvalue weighted by Crippen LogP contribution is -2.53. The second kappa shape index (κ2) is 10.0. The van der Waals surface area contributed by atoms with Crippen LogP contribution in [0.25, 0.3) is 0 Å². The molecule has 0 radical (unpaired) electrons. The number of halogens is 2. The van der Waals surface area contributed by atoms with Crippen LogP contribution < -0.4 is 16.0 Å². The van der Waals surface area contributed by atoms with Crippen LogP contribution in [0.5, 0.6) is 0 Å². The molecule has 0 bridgehead atoms. The molecule has 3 amide bonds. The number of nitrogens with one attached hydrogen (secondary N) is 3. The highest BCUT2D eigenvalue weighted by molar-refractivity contribution is 5.94. The van der Waals surface area contributed by atoms with Crippen molar-refractivity contribution >= 4 is 17.6 Å². The second-order valence-electron chi connectivity index (χ2n) is 8.05. The molecule has 0 spiro atoms. The molecule has 1 aromatic rings. The summed E-state index contributed by atoms with van der Waals surface area (Å²) in [5.41, 5.74) is -0.0285. The van der Waals surface area contributed by atoms with Crippen molar-refractivity contribution in [2.24, 2.45) is 0 Å². The molecule has 1 unspecified atom stereocenters. The van der Waals surface area contributed by atoms with Crippen molar-refractivity contribution in [1.29, 1.82) is 0 Å². The number of hydrogen-bond donors (Lipinski definition) is 3. The van der Waals surface area contributed by atoms with Gasteiger partial charge in [0.25, 0.3) is 0 Å². The zero-order valence-electron chi connectivity index (χ0n) is 16.8. The van der Waals surface area contributed by atoms with Gasteiger partial charge < -0.3 is 16.0 Å². The Balaban J connectivity index is 1.42. The van der Waals surface area contributed by atoms with Gasteiger partial charge in [-0.3, -0.25) is 9.69 Å². The number of benzene rings is 1. The fourth-order valence-corrected chi connectivity index (χ4v) is 4.08. The fourth-order valence-electron chi connectivity index (χ4n) is 4.08. The first-order valence-electron chi connectivity index (χ1n) is 10.5. The van der Waals surface area contributed by atoms with Crippen LogP contribution in [0.15, 0.2) is 18.2 Å². The number of anilines is 1. The van der Waals surface area contributed by atoms with Crippen molar-refractivity contribution < 1.29 is 18.4 Å². The van der Waals surface area contributed by atoms with E-state index in [0.717, 1.165) is 37.8 Å². The molecule has 3 rings (SSSR count). The highest BCUT2D eigenvalue weighted by Crippen LogP contribution is 2.19. The summed E-state index contributed by atoms with van der Waals surface area (Å²) in [4.78, 5) is 26.6. The Morgan fingerprint density at radius 2 is 1.62 bits per heavy atom. The Morgan fingerprint density at radius 1 is 1.00 bits per heavy atom. The highest BCUT2D eigenvalue weighted by Gasteiger charge is 2.28. The van der Waals surface area contributed by atoms with E-state index in [9.17, 15) is 18.4 Å². The normalized spacial score (nSPS) is 20.1. The summed E-state index contributed by atoms with van der Waals surface area (Å²) in [6.45, 7) is 3.09. The topological polar surface area (TPSA) is 73.5 Å². The van der Waals surface area contributed by atoms with E-state index in [1.807, 2.05) is 4.90 Å². The smallest absolute Gasteiger partial charge is 0.315 e. The summed E-state index contributed by atoms with van der Waals surface area (Å²) in [5.74, 6) is -1.81. The van der Waals surface area contributed by atoms with E-state index in [1.54, 1.807) is 6.92 Å². The van der Waals surface area contributed by atoms with Crippen LogP contribution in [-0.4, -0.2) is 48.1 Å². The van der Waals surface area contributed by atoms with E-state index in [0.29, 0.717) is 13.1 Å². The van der Waals surface area contributed by atoms with Crippen LogP contribution in [-0.2, 0) is 4.79 Å². The summed E-state index contributed by atoms with van der Waals surface area (Å²) in [5, 5.41) is 8.63. The average molecular weight is 408 g/mol. The van der Waals surface area contributed by atoms with E-state index >= 15 is 0 Å². The lowest BCUT2D eigenvalue weighted by molar-refractivity contribution is -0.121. The Labute approximate surface area is 170 Å². The lowest BCUT2D eigenvalue weighted by Gasteiger charge is -2.35. The maximum atomic E-state index is 13.7. The van der Waals surface area contributed by atoms with E-state index in [2.05, 4.69) is 16.0 Å². The molecule has 29 heavy (non-hydrogen) atoms. The number of amides is 3. The molecule has 2 fully saturated rings. The maximum Gasteiger partial charge on any atom is 0.315 e. The van der Waals surface area contributed by atoms with Crippen molar-refractivity contribution in [2.45, 2.75) is 70.0 Å². The predicted octanol–water partition coefficient (Wildman–Crippen LogP) is 3.39. The highest BCUT2D eigenvalue weighted by atomic mass is 19.1. The molecule has 1 saturated heterocycles. The molecule has 1 heterocycles. The monoisotopic (exact) mass is 408 g/mol. The van der Waals surface area contributed by atoms with Gasteiger partial charge in [-0.05, 0) is 44.7 Å². The van der Waals surface area contributed by atoms with Crippen LogP contribution in [0.3, 0.4) is 0 Å². The van der Waals surface area contributed by atoms with Gasteiger partial charge in [-0.15, -0.1) is 0 Å². The van der Waals surface area contributed by atoms with Crippen molar-refractivity contribution in [3.8, 4) is 0 Å². The Hall–Kier alpha value is -2.22. The van der Waals surface area contributed by atoms with Gasteiger partial charge in [0.05, 0.1) is 11.7 Å². The molecule has 2 aliphatic rings. The van der Waals surface area contributed by atoms with E-state index < -0.39 is 17.7 Å². The van der Waals surface area contributed by atoms with Gasteiger partial charge in [0.2, 0.25) is 5.91 Å². The number of rotatable bonds is 5. The Morgan fingerprint density at radius 3 is 2.24 bits per heavy atom. The molecular weight excluding hydrogens is 378 g/mol. The standard InChI is InChI=1S/C21H30F2N4O2/c1-14(20(28)26-19-8-7-15(22)13-18(19)23)27-11-9-17(10-12-27)25-21(29)24-16-5-3-2-4-6-16/h7-8,13-14,16-17H,2-6,9-12H2,1H3,(H,26,28)(H2,24,25,29). The van der Waals surface area contributed by atoms with Crippen LogP contribution in [0, 0.1) is 11.6 Å². The number of piperidine rings is 1. The van der Waals surface area contributed by atoms with Crippen molar-refractivity contribution in [2.75, 3.05) is 18.4 Å². The van der Waals surface area contributed by atoms with Crippen LogP contribution >= 0.6 is 0 Å². The van der Waals surface area contributed by atoms with Crippen LogP contribution in [0.4, 0.5) is 19.3 Å². The first kappa shape index (κ1) is 21.5. The quantitative estimate of drug-likeness (QED) is 0.699. The fraction of sp³-hybridized carbons (Fsp3) is 0.619. The molecule has 1 aromatic carbocycles. The van der Waals surface area contributed by atoms with E-state index in [4.69, 9.17) is 0 Å². The minimum atomic E-state index is -0.794. The van der Waals surface area contributed by atoms with Gasteiger partial charge >= 0.3 is 6.03 Å². The predicted molar refractivity (Wildman–Crippen MR) is 108 cm³/mol. The second-order valence-corrected chi connectivity index (χ2v) is 8.05. The summed E-state index contributed by atoms with van der Waals surface area (Å²) in [6, 6.07) is 2.88. The number of carbonyl (C=O) groups is 2.